The number of hydrogen-bond acceptors (Lipinski definition) is 5. The van der Waals surface area contributed by atoms with E-state index in [1.165, 1.54) is 0 Å². The summed E-state index contributed by atoms with van der Waals surface area (Å²) in [5.74, 6) is 1.77. The maximum atomic E-state index is 6.39. The molecule has 6 nitrogen and oxygen atoms in total. The molecule has 1 aliphatic rings. The van der Waals surface area contributed by atoms with E-state index in [9.17, 15) is 0 Å². The Bertz CT molecular complexity index is 980. The predicted octanol–water partition coefficient (Wildman–Crippen LogP) is 5.13. The minimum absolute atomic E-state index is 0.320. The van der Waals surface area contributed by atoms with Gasteiger partial charge < -0.3 is 16.4 Å². The Morgan fingerprint density at radius 2 is 2.00 bits per heavy atom. The average Bonchev–Trinajstić information content (AvgIpc) is 3.06. The van der Waals surface area contributed by atoms with Gasteiger partial charge in [0.25, 0.3) is 0 Å². The van der Waals surface area contributed by atoms with E-state index in [1.54, 1.807) is 6.20 Å². The van der Waals surface area contributed by atoms with Gasteiger partial charge in [-0.25, -0.2) is 4.98 Å². The fourth-order valence-electron chi connectivity index (χ4n) is 3.73. The number of para-hydroxylation sites is 1. The molecule has 1 aliphatic carbocycles. The van der Waals surface area contributed by atoms with Crippen molar-refractivity contribution in [2.75, 3.05) is 10.6 Å². The Hall–Kier alpha value is -1.83. The van der Waals surface area contributed by atoms with Gasteiger partial charge in [0.2, 0.25) is 0 Å². The van der Waals surface area contributed by atoms with Gasteiger partial charge in [-0.3, -0.25) is 0 Å². The Balaban J connectivity index is 1.77. The summed E-state index contributed by atoms with van der Waals surface area (Å²) >= 11 is 9.96. The summed E-state index contributed by atoms with van der Waals surface area (Å²) in [6.45, 7) is 2.13. The monoisotopic (exact) mass is 462 g/mol. The lowest BCUT2D eigenvalue weighted by molar-refractivity contribution is 0.410. The lowest BCUT2D eigenvalue weighted by Gasteiger charge is -2.28. The molecule has 4 N–H and O–H groups in total. The molecule has 8 heteroatoms. The minimum Gasteiger partial charge on any atom is -0.367 e. The lowest BCUT2D eigenvalue weighted by Crippen LogP contribution is -2.33. The molecule has 148 valence electrons. The molecule has 1 aromatic carbocycles. The number of aromatic nitrogens is 3. The Morgan fingerprint density at radius 3 is 2.71 bits per heavy atom. The summed E-state index contributed by atoms with van der Waals surface area (Å²) in [5, 5.41) is 12.3. The van der Waals surface area contributed by atoms with Crippen LogP contribution in [-0.4, -0.2) is 26.7 Å². The maximum Gasteiger partial charge on any atom is 0.173 e. The summed E-state index contributed by atoms with van der Waals surface area (Å²) < 4.78 is 2.68. The van der Waals surface area contributed by atoms with Crippen LogP contribution in [0, 0.1) is 0 Å². The van der Waals surface area contributed by atoms with Crippen LogP contribution in [0.4, 0.5) is 17.3 Å². The first kappa shape index (κ1) is 19.5. The molecule has 0 radical (unpaired) electrons. The van der Waals surface area contributed by atoms with E-state index in [0.29, 0.717) is 17.1 Å². The van der Waals surface area contributed by atoms with Gasteiger partial charge >= 0.3 is 0 Å². The smallest absolute Gasteiger partial charge is 0.173 e. The lowest BCUT2D eigenvalue weighted by atomic mass is 9.92. The zero-order valence-electron chi connectivity index (χ0n) is 15.8. The molecule has 0 amide bonds. The van der Waals surface area contributed by atoms with Crippen LogP contribution >= 0.6 is 27.5 Å². The van der Waals surface area contributed by atoms with Gasteiger partial charge in [0, 0.05) is 17.6 Å². The van der Waals surface area contributed by atoms with Crippen molar-refractivity contribution < 1.29 is 0 Å². The van der Waals surface area contributed by atoms with Crippen molar-refractivity contribution in [3.05, 3.63) is 45.5 Å². The molecular formula is C20H24BrClN6. The molecule has 0 spiro atoms. The van der Waals surface area contributed by atoms with Crippen molar-refractivity contribution in [3.63, 3.8) is 0 Å². The normalized spacial score (nSPS) is 19.7. The number of halogens is 2. The van der Waals surface area contributed by atoms with Gasteiger partial charge in [-0.05, 0) is 60.2 Å². The molecule has 1 saturated carbocycles. The molecule has 4 rings (SSSR count). The van der Waals surface area contributed by atoms with E-state index in [0.717, 1.165) is 65.1 Å². The molecule has 0 aliphatic heterocycles. The van der Waals surface area contributed by atoms with Crippen LogP contribution in [0.3, 0.4) is 0 Å². The second kappa shape index (κ2) is 8.27. The third kappa shape index (κ3) is 3.83. The molecule has 0 unspecified atom stereocenters. The number of hydrogen-bond donors (Lipinski definition) is 3. The molecule has 0 bridgehead atoms. The van der Waals surface area contributed by atoms with Crippen molar-refractivity contribution in [1.29, 1.82) is 0 Å². The van der Waals surface area contributed by atoms with E-state index >= 15 is 0 Å². The highest BCUT2D eigenvalue weighted by Gasteiger charge is 2.23. The van der Waals surface area contributed by atoms with Gasteiger partial charge in [-0.1, -0.05) is 30.7 Å². The maximum absolute atomic E-state index is 6.39. The van der Waals surface area contributed by atoms with Gasteiger partial charge in [0.15, 0.2) is 5.65 Å². The fourth-order valence-corrected chi connectivity index (χ4v) is 4.26. The van der Waals surface area contributed by atoms with Crippen LogP contribution in [0.15, 0.2) is 34.9 Å². The van der Waals surface area contributed by atoms with E-state index in [1.807, 2.05) is 28.8 Å². The van der Waals surface area contributed by atoms with Crippen LogP contribution in [0.5, 0.6) is 0 Å². The van der Waals surface area contributed by atoms with Crippen molar-refractivity contribution in [3.8, 4) is 0 Å². The SMILES string of the molecule is CCc1c(NC2CCC(N)CC2)nc2c(Br)cnn2c1Nc1ccccc1Cl. The number of nitrogens with two attached hydrogens (primary N) is 1. The molecule has 28 heavy (non-hydrogen) atoms. The first-order valence-electron chi connectivity index (χ1n) is 9.66. The first-order chi connectivity index (χ1) is 13.6. The number of nitrogens with one attached hydrogen (secondary N) is 2. The summed E-state index contributed by atoms with van der Waals surface area (Å²) in [7, 11) is 0. The van der Waals surface area contributed by atoms with E-state index in [2.05, 4.69) is 38.6 Å². The summed E-state index contributed by atoms with van der Waals surface area (Å²) in [6.07, 6.45) is 6.78. The van der Waals surface area contributed by atoms with Crippen LogP contribution in [0.25, 0.3) is 5.65 Å². The van der Waals surface area contributed by atoms with Crippen molar-refractivity contribution >= 4 is 50.5 Å². The van der Waals surface area contributed by atoms with Crippen molar-refractivity contribution in [2.45, 2.75) is 51.1 Å². The average molecular weight is 464 g/mol. The zero-order chi connectivity index (χ0) is 19.7. The highest BCUT2D eigenvalue weighted by atomic mass is 79.9. The highest BCUT2D eigenvalue weighted by Crippen LogP contribution is 2.33. The van der Waals surface area contributed by atoms with Gasteiger partial charge in [-0.2, -0.15) is 9.61 Å². The number of anilines is 3. The van der Waals surface area contributed by atoms with Crippen LogP contribution in [-0.2, 0) is 6.42 Å². The van der Waals surface area contributed by atoms with Crippen molar-refractivity contribution in [2.24, 2.45) is 5.73 Å². The molecule has 2 heterocycles. The third-order valence-electron chi connectivity index (χ3n) is 5.30. The van der Waals surface area contributed by atoms with Gasteiger partial charge in [0.1, 0.15) is 11.6 Å². The number of rotatable bonds is 5. The van der Waals surface area contributed by atoms with E-state index < -0.39 is 0 Å². The standard InChI is InChI=1S/C20H24BrClN6/c1-2-14-18(25-13-9-7-12(23)8-10-13)27-20-15(21)11-24-28(20)19(14)26-17-6-4-3-5-16(17)22/h3-6,11-13,26H,2,7-10,23H2,1H3,(H,25,27). The number of benzene rings is 1. The molecule has 3 aromatic rings. The van der Waals surface area contributed by atoms with E-state index in [-0.39, 0.29) is 0 Å². The summed E-state index contributed by atoms with van der Waals surface area (Å²) in [5.41, 5.74) is 8.75. The quantitative estimate of drug-likeness (QED) is 0.488. The Morgan fingerprint density at radius 1 is 1.25 bits per heavy atom. The fraction of sp³-hybridized carbons (Fsp3) is 0.400. The molecule has 1 fully saturated rings. The molecule has 0 atom stereocenters. The van der Waals surface area contributed by atoms with Crippen LogP contribution in [0.1, 0.15) is 38.2 Å². The van der Waals surface area contributed by atoms with Gasteiger partial charge in [-0.15, -0.1) is 0 Å². The zero-order valence-corrected chi connectivity index (χ0v) is 18.1. The molecule has 0 saturated heterocycles. The second-order valence-electron chi connectivity index (χ2n) is 7.23. The van der Waals surface area contributed by atoms with E-state index in [4.69, 9.17) is 22.3 Å². The number of fused-ring (bicyclic) bond motifs is 1. The number of nitrogens with zero attached hydrogens (tertiary/aromatic N) is 3. The largest absolute Gasteiger partial charge is 0.367 e. The van der Waals surface area contributed by atoms with Crippen LogP contribution < -0.4 is 16.4 Å². The first-order valence-corrected chi connectivity index (χ1v) is 10.8. The Labute approximate surface area is 178 Å². The Kier molecular flexibility index (Phi) is 5.75. The van der Waals surface area contributed by atoms with Crippen molar-refractivity contribution in [1.82, 2.24) is 14.6 Å². The highest BCUT2D eigenvalue weighted by molar-refractivity contribution is 9.10. The third-order valence-corrected chi connectivity index (χ3v) is 6.18. The second-order valence-corrected chi connectivity index (χ2v) is 8.49. The van der Waals surface area contributed by atoms with Gasteiger partial charge in [0.05, 0.1) is 21.4 Å². The molecule has 2 aromatic heterocycles. The minimum atomic E-state index is 0.320. The topological polar surface area (TPSA) is 80.3 Å². The summed E-state index contributed by atoms with van der Waals surface area (Å²) in [6, 6.07) is 8.42. The molecular weight excluding hydrogens is 440 g/mol. The van der Waals surface area contributed by atoms with Crippen LogP contribution in [0.2, 0.25) is 5.02 Å². The summed E-state index contributed by atoms with van der Waals surface area (Å²) in [4.78, 5) is 4.88. The predicted molar refractivity (Wildman–Crippen MR) is 119 cm³/mol.